The van der Waals surface area contributed by atoms with Gasteiger partial charge in [0.2, 0.25) is 5.91 Å². The van der Waals surface area contributed by atoms with Gasteiger partial charge in [-0.3, -0.25) is 14.2 Å². The van der Waals surface area contributed by atoms with Crippen molar-refractivity contribution in [2.75, 3.05) is 40.9 Å². The fraction of sp³-hybridized carbons (Fsp3) is 0.810. The first-order valence-corrected chi connectivity index (χ1v) is 32.1. The van der Waals surface area contributed by atoms with Crippen molar-refractivity contribution >= 4 is 19.7 Å². The topological polar surface area (TPSA) is 114 Å². The number of phosphoric acid groups is 1. The number of hydrogen-bond donors (Lipinski definition) is 1. The summed E-state index contributed by atoms with van der Waals surface area (Å²) < 4.78 is 30.3. The molecular weight excluding hydrogens is 928 g/mol. The van der Waals surface area contributed by atoms with Crippen LogP contribution in [0.15, 0.2) is 60.8 Å². The molecule has 0 aliphatic heterocycles. The molecule has 0 heterocycles. The summed E-state index contributed by atoms with van der Waals surface area (Å²) in [5, 5.41) is 3.02. The first kappa shape index (κ1) is 70.7. The zero-order valence-electron chi connectivity index (χ0n) is 48.6. The van der Waals surface area contributed by atoms with Gasteiger partial charge in [-0.2, -0.15) is 0 Å². The van der Waals surface area contributed by atoms with E-state index >= 15 is 0 Å². The number of carbonyl (C=O) groups is 2. The summed E-state index contributed by atoms with van der Waals surface area (Å²) in [5.74, 6) is -0.570. The monoisotopic (exact) mass is 1040 g/mol. The molecule has 0 saturated carbocycles. The second-order valence-corrected chi connectivity index (χ2v) is 23.3. The number of esters is 1. The molecule has 0 saturated heterocycles. The van der Waals surface area contributed by atoms with Crippen LogP contribution in [0.1, 0.15) is 278 Å². The van der Waals surface area contributed by atoms with Crippen molar-refractivity contribution in [2.24, 2.45) is 0 Å². The Morgan fingerprint density at radius 1 is 0.479 bits per heavy atom. The lowest BCUT2D eigenvalue weighted by atomic mass is 10.0. The van der Waals surface area contributed by atoms with Crippen molar-refractivity contribution < 1.29 is 37.3 Å². The molecule has 426 valence electrons. The van der Waals surface area contributed by atoms with E-state index in [9.17, 15) is 19.0 Å². The molecule has 10 heteroatoms. The summed E-state index contributed by atoms with van der Waals surface area (Å²) in [6.45, 7) is 6.81. The second kappa shape index (κ2) is 53.1. The summed E-state index contributed by atoms with van der Waals surface area (Å²) in [6, 6.07) is -0.900. The predicted molar refractivity (Wildman–Crippen MR) is 312 cm³/mol. The number of nitrogens with zero attached hydrogens (tertiary/aromatic N) is 1. The highest BCUT2D eigenvalue weighted by Gasteiger charge is 2.27. The molecule has 73 heavy (non-hydrogen) atoms. The Kier molecular flexibility index (Phi) is 51.5. The SMILES string of the molecule is CCCCC/C=C\C/C=C\C/C=C\C/C=C\CCCCCC(=O)OC(/C=C/CCCCCCCCCCCC)C(COP(=O)([O-])OCC[N+](C)(C)C)NC(=O)CCCCCCCCCCCCCCCCCC. The lowest BCUT2D eigenvalue weighted by Gasteiger charge is -2.30. The lowest BCUT2D eigenvalue weighted by molar-refractivity contribution is -0.870. The summed E-state index contributed by atoms with van der Waals surface area (Å²) in [7, 11) is 1.17. The van der Waals surface area contributed by atoms with Gasteiger partial charge in [0, 0.05) is 12.8 Å². The van der Waals surface area contributed by atoms with E-state index in [0.717, 1.165) is 77.0 Å². The van der Waals surface area contributed by atoms with Crippen LogP contribution in [0.2, 0.25) is 0 Å². The van der Waals surface area contributed by atoms with E-state index in [-0.39, 0.29) is 24.9 Å². The van der Waals surface area contributed by atoms with Crippen molar-refractivity contribution in [1.82, 2.24) is 5.32 Å². The average molecular weight is 1050 g/mol. The maximum absolute atomic E-state index is 13.5. The largest absolute Gasteiger partial charge is 0.756 e. The van der Waals surface area contributed by atoms with E-state index in [1.54, 1.807) is 0 Å². The van der Waals surface area contributed by atoms with Crippen LogP contribution in [0.4, 0.5) is 0 Å². The normalized spacial score (nSPS) is 14.1. The molecule has 0 aromatic carbocycles. The van der Waals surface area contributed by atoms with Gasteiger partial charge in [-0.05, 0) is 76.7 Å². The van der Waals surface area contributed by atoms with Crippen molar-refractivity contribution in [2.45, 2.75) is 290 Å². The molecule has 3 atom stereocenters. The number of amides is 1. The van der Waals surface area contributed by atoms with Crippen molar-refractivity contribution in [1.29, 1.82) is 0 Å². The van der Waals surface area contributed by atoms with E-state index in [1.165, 1.54) is 161 Å². The number of hydrogen-bond acceptors (Lipinski definition) is 7. The highest BCUT2D eigenvalue weighted by atomic mass is 31.2. The van der Waals surface area contributed by atoms with Crippen LogP contribution in [0.25, 0.3) is 0 Å². The zero-order valence-corrected chi connectivity index (χ0v) is 49.5. The molecule has 9 nitrogen and oxygen atoms in total. The van der Waals surface area contributed by atoms with Gasteiger partial charge in [0.15, 0.2) is 0 Å². The van der Waals surface area contributed by atoms with Crippen LogP contribution in [-0.2, 0) is 27.9 Å². The number of allylic oxidation sites excluding steroid dienone is 9. The fourth-order valence-electron chi connectivity index (χ4n) is 8.68. The predicted octanol–water partition coefficient (Wildman–Crippen LogP) is 18.0. The summed E-state index contributed by atoms with van der Waals surface area (Å²) in [6.07, 6.45) is 66.1. The van der Waals surface area contributed by atoms with Gasteiger partial charge < -0.3 is 28.5 Å². The van der Waals surface area contributed by atoms with Crippen molar-refractivity contribution in [3.05, 3.63) is 60.8 Å². The van der Waals surface area contributed by atoms with Gasteiger partial charge in [-0.15, -0.1) is 0 Å². The van der Waals surface area contributed by atoms with E-state index in [2.05, 4.69) is 74.7 Å². The molecule has 0 fully saturated rings. The molecule has 0 bridgehead atoms. The maximum atomic E-state index is 13.5. The fourth-order valence-corrected chi connectivity index (χ4v) is 9.41. The number of quaternary nitrogens is 1. The van der Waals surface area contributed by atoms with Crippen LogP contribution < -0.4 is 10.2 Å². The number of phosphoric ester groups is 1. The minimum Gasteiger partial charge on any atom is -0.756 e. The van der Waals surface area contributed by atoms with Gasteiger partial charge >= 0.3 is 5.97 Å². The Morgan fingerprint density at radius 3 is 1.29 bits per heavy atom. The maximum Gasteiger partial charge on any atom is 0.306 e. The van der Waals surface area contributed by atoms with E-state index in [4.69, 9.17) is 13.8 Å². The highest BCUT2D eigenvalue weighted by molar-refractivity contribution is 7.45. The van der Waals surface area contributed by atoms with Crippen LogP contribution in [-0.4, -0.2) is 69.4 Å². The minimum atomic E-state index is -4.70. The molecule has 3 unspecified atom stereocenters. The molecule has 0 aromatic heterocycles. The average Bonchev–Trinajstić information content (AvgIpc) is 3.35. The van der Waals surface area contributed by atoms with Gasteiger partial charge in [-0.25, -0.2) is 0 Å². The molecule has 0 aromatic rings. The first-order chi connectivity index (χ1) is 35.4. The molecule has 0 aliphatic rings. The number of nitrogens with one attached hydrogen (secondary N) is 1. The summed E-state index contributed by atoms with van der Waals surface area (Å²) in [4.78, 5) is 39.9. The van der Waals surface area contributed by atoms with Gasteiger partial charge in [0.1, 0.15) is 19.3 Å². The third-order valence-electron chi connectivity index (χ3n) is 13.5. The van der Waals surface area contributed by atoms with E-state index in [0.29, 0.717) is 23.9 Å². The number of unbranched alkanes of at least 4 members (excludes halogenated alkanes) is 31. The third kappa shape index (κ3) is 54.3. The summed E-state index contributed by atoms with van der Waals surface area (Å²) in [5.41, 5.74) is 0. The Labute approximate surface area is 451 Å². The molecule has 1 amide bonds. The Morgan fingerprint density at radius 2 is 0.836 bits per heavy atom. The molecular formula is C63H117N2O7P. The second-order valence-electron chi connectivity index (χ2n) is 21.9. The number of rotatable bonds is 55. The van der Waals surface area contributed by atoms with Crippen molar-refractivity contribution in [3.8, 4) is 0 Å². The molecule has 0 rings (SSSR count). The third-order valence-corrected chi connectivity index (χ3v) is 14.4. The molecule has 0 spiro atoms. The van der Waals surface area contributed by atoms with E-state index < -0.39 is 26.6 Å². The van der Waals surface area contributed by atoms with E-state index in [1.807, 2.05) is 33.3 Å². The van der Waals surface area contributed by atoms with Gasteiger partial charge in [-0.1, -0.05) is 249 Å². The van der Waals surface area contributed by atoms with Crippen LogP contribution in [0, 0.1) is 0 Å². The minimum absolute atomic E-state index is 0.0276. The quantitative estimate of drug-likeness (QED) is 0.0212. The Balaban J connectivity index is 5.33. The van der Waals surface area contributed by atoms with Gasteiger partial charge in [0.25, 0.3) is 7.82 Å². The van der Waals surface area contributed by atoms with Crippen LogP contribution in [0.3, 0.4) is 0 Å². The smallest absolute Gasteiger partial charge is 0.306 e. The first-order valence-electron chi connectivity index (χ1n) is 30.6. The molecule has 1 N–H and O–H groups in total. The highest BCUT2D eigenvalue weighted by Crippen LogP contribution is 2.38. The molecule has 0 aliphatic carbocycles. The van der Waals surface area contributed by atoms with Gasteiger partial charge in [0.05, 0.1) is 33.8 Å². The summed E-state index contributed by atoms with van der Waals surface area (Å²) >= 11 is 0. The zero-order chi connectivity index (χ0) is 53.6. The number of ether oxygens (including phenoxy) is 1. The van der Waals surface area contributed by atoms with Crippen LogP contribution in [0.5, 0.6) is 0 Å². The standard InChI is InChI=1S/C63H117N2O7P/c1-7-10-13-16-19-22-25-28-30-32-33-34-36-38-41-44-47-50-53-56-63(67)72-61(54-51-48-45-42-39-27-24-21-18-15-12-9-3)60(59-71-73(68,69)70-58-57-65(4,5)6)64-62(66)55-52-49-46-43-40-37-35-31-29-26-23-20-17-14-11-8-2/h19,22,28,30,33-34,38,41,51,54,60-61H,7-18,20-21,23-27,29,31-32,35-37,39-40,42-50,52-53,55-59H2,1-6H3,(H-,64,66,68,69)/b22-19-,30-28-,34-33-,41-38-,54-51+. The Hall–Kier alpha value is -2.29. The van der Waals surface area contributed by atoms with Crippen molar-refractivity contribution in [3.63, 3.8) is 0 Å². The number of carbonyl (C=O) groups excluding carboxylic acids is 2. The Bertz CT molecular complexity index is 1440. The lowest BCUT2D eigenvalue weighted by Crippen LogP contribution is -2.47. The van der Waals surface area contributed by atoms with Crippen LogP contribution >= 0.6 is 7.82 Å². The number of likely N-dealkylation sites (N-methyl/N-ethyl adjacent to an activating group) is 1. The molecule has 0 radical (unpaired) electrons.